The lowest BCUT2D eigenvalue weighted by atomic mass is 9.99. The number of amides is 2. The molecule has 0 saturated carbocycles. The predicted molar refractivity (Wildman–Crippen MR) is 73.5 cm³/mol. The zero-order valence-corrected chi connectivity index (χ0v) is 12.3. The number of nitrogens with zero attached hydrogens (tertiary/aromatic N) is 2. The molecule has 0 aliphatic carbocycles. The van der Waals surface area contributed by atoms with Crippen molar-refractivity contribution in [3.05, 3.63) is 0 Å². The van der Waals surface area contributed by atoms with E-state index in [2.05, 4.69) is 0 Å². The van der Waals surface area contributed by atoms with Crippen LogP contribution < -0.4 is 0 Å². The highest BCUT2D eigenvalue weighted by atomic mass is 16.5. The molecule has 1 atom stereocenters. The number of rotatable bonds is 3. The molecule has 0 aromatic rings. The monoisotopic (exact) mass is 284 g/mol. The molecule has 2 saturated heterocycles. The Bertz CT molecular complexity index is 381. The Morgan fingerprint density at radius 3 is 2.65 bits per heavy atom. The van der Waals surface area contributed by atoms with Crippen LogP contribution in [0.4, 0.5) is 4.79 Å². The van der Waals surface area contributed by atoms with Gasteiger partial charge in [0.1, 0.15) is 5.54 Å². The van der Waals surface area contributed by atoms with E-state index in [0.717, 1.165) is 32.5 Å². The van der Waals surface area contributed by atoms with Gasteiger partial charge in [-0.1, -0.05) is 0 Å². The van der Waals surface area contributed by atoms with E-state index in [1.54, 1.807) is 18.9 Å². The van der Waals surface area contributed by atoms with Crippen LogP contribution in [0.2, 0.25) is 0 Å². The molecule has 1 N–H and O–H groups in total. The zero-order chi connectivity index (χ0) is 14.8. The minimum atomic E-state index is -1.05. The molecule has 0 spiro atoms. The highest BCUT2D eigenvalue weighted by molar-refractivity contribution is 5.86. The van der Waals surface area contributed by atoms with Crippen molar-refractivity contribution in [2.24, 2.45) is 5.92 Å². The van der Waals surface area contributed by atoms with Crippen LogP contribution in [0.5, 0.6) is 0 Å². The largest absolute Gasteiger partial charge is 0.480 e. The first-order chi connectivity index (χ1) is 9.45. The van der Waals surface area contributed by atoms with Crippen molar-refractivity contribution >= 4 is 12.0 Å². The third-order valence-electron chi connectivity index (χ3n) is 4.53. The van der Waals surface area contributed by atoms with E-state index >= 15 is 0 Å². The Hall–Kier alpha value is -1.30. The van der Waals surface area contributed by atoms with Crippen molar-refractivity contribution < 1.29 is 19.4 Å². The van der Waals surface area contributed by atoms with Gasteiger partial charge in [0.2, 0.25) is 0 Å². The lowest BCUT2D eigenvalue weighted by molar-refractivity contribution is -0.147. The molecule has 2 aliphatic heterocycles. The molecule has 1 unspecified atom stereocenters. The number of hydrogen-bond acceptors (Lipinski definition) is 3. The van der Waals surface area contributed by atoms with Crippen molar-refractivity contribution in [1.82, 2.24) is 9.80 Å². The molecule has 0 bridgehead atoms. The van der Waals surface area contributed by atoms with Crippen LogP contribution in [-0.4, -0.2) is 65.8 Å². The van der Waals surface area contributed by atoms with E-state index in [4.69, 9.17) is 4.74 Å². The maximum Gasteiger partial charge on any atom is 0.329 e. The molecule has 2 fully saturated rings. The molecule has 0 radical (unpaired) electrons. The van der Waals surface area contributed by atoms with Gasteiger partial charge in [-0.25, -0.2) is 9.59 Å². The summed E-state index contributed by atoms with van der Waals surface area (Å²) in [6.45, 7) is 4.35. The molecule has 0 aromatic heterocycles. The molecule has 6 heteroatoms. The number of urea groups is 1. The quantitative estimate of drug-likeness (QED) is 0.850. The highest BCUT2D eigenvalue weighted by Gasteiger charge is 2.46. The number of likely N-dealkylation sites (tertiary alicyclic amines) is 1. The minimum Gasteiger partial charge on any atom is -0.480 e. The molecule has 20 heavy (non-hydrogen) atoms. The van der Waals surface area contributed by atoms with Gasteiger partial charge in [-0.2, -0.15) is 0 Å². The maximum atomic E-state index is 12.5. The van der Waals surface area contributed by atoms with Gasteiger partial charge < -0.3 is 19.6 Å². The number of aliphatic carboxylic acids is 1. The van der Waals surface area contributed by atoms with E-state index in [-0.39, 0.29) is 6.03 Å². The van der Waals surface area contributed by atoms with E-state index in [9.17, 15) is 14.7 Å². The van der Waals surface area contributed by atoms with Crippen LogP contribution in [0.1, 0.15) is 32.6 Å². The number of carboxylic acid groups (broad SMARTS) is 1. The maximum absolute atomic E-state index is 12.5. The topological polar surface area (TPSA) is 70.1 Å². The molecular formula is C14H24N2O4. The van der Waals surface area contributed by atoms with Crippen LogP contribution >= 0.6 is 0 Å². The first-order valence-electron chi connectivity index (χ1n) is 7.29. The van der Waals surface area contributed by atoms with Crippen LogP contribution in [0.15, 0.2) is 0 Å². The molecular weight excluding hydrogens is 260 g/mol. The second kappa shape index (κ2) is 5.99. The summed E-state index contributed by atoms with van der Waals surface area (Å²) in [5.74, 6) is -0.459. The zero-order valence-electron chi connectivity index (χ0n) is 12.3. The molecule has 114 valence electrons. The third kappa shape index (κ3) is 2.90. The fraction of sp³-hybridized carbons (Fsp3) is 0.857. The van der Waals surface area contributed by atoms with Crippen LogP contribution in [-0.2, 0) is 9.53 Å². The molecule has 2 amide bonds. The summed E-state index contributed by atoms with van der Waals surface area (Å²) in [5.41, 5.74) is -1.05. The van der Waals surface area contributed by atoms with Crippen LogP contribution in [0.3, 0.4) is 0 Å². The third-order valence-corrected chi connectivity index (χ3v) is 4.53. The average molecular weight is 284 g/mol. The van der Waals surface area contributed by atoms with Gasteiger partial charge in [0, 0.05) is 33.4 Å². The summed E-state index contributed by atoms with van der Waals surface area (Å²) in [6, 6.07) is -0.168. The minimum absolute atomic E-state index is 0.168. The first kappa shape index (κ1) is 15.1. The second-order valence-corrected chi connectivity index (χ2v) is 6.05. The van der Waals surface area contributed by atoms with Crippen LogP contribution in [0.25, 0.3) is 0 Å². The number of hydrogen-bond donors (Lipinski definition) is 1. The van der Waals surface area contributed by atoms with Crippen molar-refractivity contribution in [3.63, 3.8) is 0 Å². The highest BCUT2D eigenvalue weighted by Crippen LogP contribution is 2.30. The standard InChI is InChI=1S/C14H24N2O4/c1-14(12(17)18)6-3-7-16(14)13(19)15(2)10-11-4-8-20-9-5-11/h11H,3-10H2,1-2H3,(H,17,18). The Balaban J connectivity index is 1.97. The Labute approximate surface area is 119 Å². The predicted octanol–water partition coefficient (Wildman–Crippen LogP) is 1.40. The van der Waals surface area contributed by atoms with Gasteiger partial charge >= 0.3 is 12.0 Å². The number of carbonyl (C=O) groups is 2. The second-order valence-electron chi connectivity index (χ2n) is 6.05. The summed E-state index contributed by atoms with van der Waals surface area (Å²) in [4.78, 5) is 27.1. The normalized spacial score (nSPS) is 27.6. The average Bonchev–Trinajstić information content (AvgIpc) is 2.82. The molecule has 2 aliphatic rings. The molecule has 2 heterocycles. The fourth-order valence-corrected chi connectivity index (χ4v) is 3.09. The summed E-state index contributed by atoms with van der Waals surface area (Å²) in [7, 11) is 1.76. The van der Waals surface area contributed by atoms with E-state index < -0.39 is 11.5 Å². The summed E-state index contributed by atoms with van der Waals surface area (Å²) in [6.07, 6.45) is 3.21. The van der Waals surface area contributed by atoms with E-state index in [1.165, 1.54) is 4.90 Å². The van der Waals surface area contributed by atoms with E-state index in [0.29, 0.717) is 25.4 Å². The SMILES string of the molecule is CN(CC1CCOCC1)C(=O)N1CCCC1(C)C(=O)O. The van der Waals surface area contributed by atoms with Crippen molar-refractivity contribution in [2.75, 3.05) is 33.4 Å². The Kier molecular flexibility index (Phi) is 4.52. The number of carboxylic acids is 1. The smallest absolute Gasteiger partial charge is 0.329 e. The Morgan fingerprint density at radius 1 is 1.40 bits per heavy atom. The molecule has 0 aromatic carbocycles. The van der Waals surface area contributed by atoms with Gasteiger partial charge in [0.15, 0.2) is 0 Å². The summed E-state index contributed by atoms with van der Waals surface area (Å²) in [5, 5.41) is 9.37. The van der Waals surface area contributed by atoms with Crippen molar-refractivity contribution in [2.45, 2.75) is 38.1 Å². The van der Waals surface area contributed by atoms with Gasteiger partial charge in [0.25, 0.3) is 0 Å². The van der Waals surface area contributed by atoms with Gasteiger partial charge in [0.05, 0.1) is 0 Å². The lowest BCUT2D eigenvalue weighted by Crippen LogP contribution is -2.55. The Morgan fingerprint density at radius 2 is 2.05 bits per heavy atom. The van der Waals surface area contributed by atoms with Gasteiger partial charge in [-0.3, -0.25) is 0 Å². The van der Waals surface area contributed by atoms with Crippen LogP contribution in [0, 0.1) is 5.92 Å². The first-order valence-corrected chi connectivity index (χ1v) is 7.29. The van der Waals surface area contributed by atoms with Gasteiger partial charge in [-0.05, 0) is 38.5 Å². The summed E-state index contributed by atoms with van der Waals surface area (Å²) < 4.78 is 5.31. The number of carbonyl (C=O) groups excluding carboxylic acids is 1. The summed E-state index contributed by atoms with van der Waals surface area (Å²) >= 11 is 0. The van der Waals surface area contributed by atoms with E-state index in [1.807, 2.05) is 0 Å². The van der Waals surface area contributed by atoms with Gasteiger partial charge in [-0.15, -0.1) is 0 Å². The molecule has 6 nitrogen and oxygen atoms in total. The number of ether oxygens (including phenoxy) is 1. The van der Waals surface area contributed by atoms with Crippen molar-refractivity contribution in [1.29, 1.82) is 0 Å². The van der Waals surface area contributed by atoms with Crippen molar-refractivity contribution in [3.8, 4) is 0 Å². The lowest BCUT2D eigenvalue weighted by Gasteiger charge is -2.36. The molecule has 2 rings (SSSR count). The fourth-order valence-electron chi connectivity index (χ4n) is 3.09.